The zero-order valence-electron chi connectivity index (χ0n) is 8.46. The molecular formula is C12H16FN. The van der Waals surface area contributed by atoms with Gasteiger partial charge in [-0.3, -0.25) is 0 Å². The largest absolute Gasteiger partial charge is 0.327 e. The molecule has 1 fully saturated rings. The molecule has 2 N–H and O–H groups in total. The predicted octanol–water partition coefficient (Wildman–Crippen LogP) is 2.50. The van der Waals surface area contributed by atoms with Gasteiger partial charge in [0, 0.05) is 6.04 Å². The van der Waals surface area contributed by atoms with Gasteiger partial charge in [0.15, 0.2) is 0 Å². The lowest BCUT2D eigenvalue weighted by atomic mass is 9.90. The maximum atomic E-state index is 13.4. The molecule has 0 bridgehead atoms. The van der Waals surface area contributed by atoms with Gasteiger partial charge in [-0.2, -0.15) is 0 Å². The number of rotatable bonds is 3. The van der Waals surface area contributed by atoms with Gasteiger partial charge in [0.2, 0.25) is 0 Å². The molecule has 2 heteroatoms. The lowest BCUT2D eigenvalue weighted by Crippen LogP contribution is -2.30. The van der Waals surface area contributed by atoms with Crippen LogP contribution in [0.25, 0.3) is 0 Å². The summed E-state index contributed by atoms with van der Waals surface area (Å²) >= 11 is 0. The van der Waals surface area contributed by atoms with Crippen LogP contribution in [0.4, 0.5) is 4.39 Å². The average Bonchev–Trinajstić information content (AvgIpc) is 2.90. The first-order valence-electron chi connectivity index (χ1n) is 5.13. The fourth-order valence-corrected chi connectivity index (χ4v) is 1.97. The number of halogens is 1. The second kappa shape index (κ2) is 3.35. The minimum absolute atomic E-state index is 0.0978. The van der Waals surface area contributed by atoms with E-state index >= 15 is 0 Å². The first-order chi connectivity index (χ1) is 6.64. The molecule has 0 aliphatic heterocycles. The van der Waals surface area contributed by atoms with Crippen LogP contribution >= 0.6 is 0 Å². The molecule has 0 spiro atoms. The van der Waals surface area contributed by atoms with Crippen molar-refractivity contribution in [3.8, 4) is 0 Å². The molecule has 0 amide bonds. The van der Waals surface area contributed by atoms with Crippen molar-refractivity contribution in [3.63, 3.8) is 0 Å². The quantitative estimate of drug-likeness (QED) is 0.784. The van der Waals surface area contributed by atoms with E-state index in [4.69, 9.17) is 5.73 Å². The minimum atomic E-state index is -0.0978. The Kier molecular flexibility index (Phi) is 2.31. The number of benzene rings is 1. The van der Waals surface area contributed by atoms with Crippen LogP contribution in [-0.4, -0.2) is 6.04 Å². The van der Waals surface area contributed by atoms with Crippen LogP contribution in [0.2, 0.25) is 0 Å². The van der Waals surface area contributed by atoms with Crippen molar-refractivity contribution < 1.29 is 4.39 Å². The zero-order valence-corrected chi connectivity index (χ0v) is 8.46. The van der Waals surface area contributed by atoms with Crippen molar-refractivity contribution in [1.82, 2.24) is 0 Å². The third-order valence-corrected chi connectivity index (χ3v) is 3.36. The van der Waals surface area contributed by atoms with Gasteiger partial charge in [-0.1, -0.05) is 18.2 Å². The molecule has 1 aromatic carbocycles. The van der Waals surface area contributed by atoms with Crippen LogP contribution in [0.3, 0.4) is 0 Å². The normalized spacial score (nSPS) is 20.5. The van der Waals surface area contributed by atoms with Crippen molar-refractivity contribution in [1.29, 1.82) is 0 Å². The van der Waals surface area contributed by atoms with Crippen molar-refractivity contribution in [2.75, 3.05) is 0 Å². The van der Waals surface area contributed by atoms with E-state index in [1.165, 1.54) is 6.07 Å². The molecule has 14 heavy (non-hydrogen) atoms. The molecule has 0 radical (unpaired) electrons. The summed E-state index contributed by atoms with van der Waals surface area (Å²) in [5, 5.41) is 0. The minimum Gasteiger partial charge on any atom is -0.327 e. The monoisotopic (exact) mass is 193 g/mol. The van der Waals surface area contributed by atoms with Crippen molar-refractivity contribution in [2.45, 2.75) is 32.2 Å². The van der Waals surface area contributed by atoms with Crippen LogP contribution < -0.4 is 5.73 Å². The van der Waals surface area contributed by atoms with Gasteiger partial charge in [-0.05, 0) is 43.2 Å². The van der Waals surface area contributed by atoms with Crippen molar-refractivity contribution in [3.05, 3.63) is 35.6 Å². The standard InChI is InChI=1S/C12H16FN/c1-9(14)12(6-7-12)8-10-4-2-3-5-11(10)13/h2-5,9H,6-8,14H2,1H3. The van der Waals surface area contributed by atoms with Gasteiger partial charge < -0.3 is 5.73 Å². The maximum Gasteiger partial charge on any atom is 0.126 e. The Labute approximate surface area is 84.1 Å². The van der Waals surface area contributed by atoms with Gasteiger partial charge >= 0.3 is 0 Å². The molecular weight excluding hydrogens is 177 g/mol. The second-order valence-corrected chi connectivity index (χ2v) is 4.42. The van der Waals surface area contributed by atoms with Crippen LogP contribution in [-0.2, 0) is 6.42 Å². The molecule has 1 nitrogen and oxygen atoms in total. The highest BCUT2D eigenvalue weighted by Gasteiger charge is 2.45. The summed E-state index contributed by atoms with van der Waals surface area (Å²) in [5.74, 6) is -0.0978. The first-order valence-corrected chi connectivity index (χ1v) is 5.13. The Morgan fingerprint density at radius 2 is 2.07 bits per heavy atom. The Hall–Kier alpha value is -0.890. The summed E-state index contributed by atoms with van der Waals surface area (Å²) in [4.78, 5) is 0. The molecule has 1 unspecified atom stereocenters. The molecule has 0 heterocycles. The van der Waals surface area contributed by atoms with Crippen molar-refractivity contribution in [2.24, 2.45) is 11.1 Å². The number of hydrogen-bond donors (Lipinski definition) is 1. The van der Waals surface area contributed by atoms with Crippen molar-refractivity contribution >= 4 is 0 Å². The van der Waals surface area contributed by atoms with Gasteiger partial charge in [-0.15, -0.1) is 0 Å². The molecule has 1 aromatic rings. The Bertz CT molecular complexity index is 329. The Morgan fingerprint density at radius 1 is 1.43 bits per heavy atom. The van der Waals surface area contributed by atoms with Crippen LogP contribution in [0, 0.1) is 11.2 Å². The highest BCUT2D eigenvalue weighted by molar-refractivity contribution is 5.21. The zero-order chi connectivity index (χ0) is 10.2. The maximum absolute atomic E-state index is 13.4. The van der Waals surface area contributed by atoms with Gasteiger partial charge in [0.25, 0.3) is 0 Å². The molecule has 0 saturated heterocycles. The van der Waals surface area contributed by atoms with Crippen LogP contribution in [0.5, 0.6) is 0 Å². The fourth-order valence-electron chi connectivity index (χ4n) is 1.97. The van der Waals surface area contributed by atoms with Gasteiger partial charge in [0.05, 0.1) is 0 Å². The van der Waals surface area contributed by atoms with E-state index in [1.54, 1.807) is 6.07 Å². The van der Waals surface area contributed by atoms with Gasteiger partial charge in [-0.25, -0.2) is 4.39 Å². The number of hydrogen-bond acceptors (Lipinski definition) is 1. The van der Waals surface area contributed by atoms with E-state index in [-0.39, 0.29) is 17.3 Å². The number of nitrogens with two attached hydrogens (primary N) is 1. The highest BCUT2D eigenvalue weighted by atomic mass is 19.1. The van der Waals surface area contributed by atoms with Gasteiger partial charge in [0.1, 0.15) is 5.82 Å². The lowest BCUT2D eigenvalue weighted by Gasteiger charge is -2.19. The van der Waals surface area contributed by atoms with E-state index in [0.29, 0.717) is 0 Å². The molecule has 1 saturated carbocycles. The molecule has 2 rings (SSSR count). The lowest BCUT2D eigenvalue weighted by molar-refractivity contribution is 0.411. The highest BCUT2D eigenvalue weighted by Crippen LogP contribution is 2.50. The Morgan fingerprint density at radius 3 is 2.57 bits per heavy atom. The molecule has 1 atom stereocenters. The van der Waals surface area contributed by atoms with E-state index in [2.05, 4.69) is 0 Å². The van der Waals surface area contributed by atoms with Crippen LogP contribution in [0.1, 0.15) is 25.3 Å². The summed E-state index contributed by atoms with van der Waals surface area (Å²) < 4.78 is 13.4. The van der Waals surface area contributed by atoms with E-state index < -0.39 is 0 Å². The van der Waals surface area contributed by atoms with E-state index in [9.17, 15) is 4.39 Å². The van der Waals surface area contributed by atoms with E-state index in [0.717, 1.165) is 24.8 Å². The summed E-state index contributed by atoms with van der Waals surface area (Å²) in [7, 11) is 0. The third-order valence-electron chi connectivity index (χ3n) is 3.36. The summed E-state index contributed by atoms with van der Waals surface area (Å²) in [6, 6.07) is 7.16. The summed E-state index contributed by atoms with van der Waals surface area (Å²) in [5.41, 5.74) is 6.90. The molecule has 0 aromatic heterocycles. The fraction of sp³-hybridized carbons (Fsp3) is 0.500. The predicted molar refractivity (Wildman–Crippen MR) is 55.4 cm³/mol. The first kappa shape index (κ1) is 9.66. The average molecular weight is 193 g/mol. The summed E-state index contributed by atoms with van der Waals surface area (Å²) in [6.07, 6.45) is 3.06. The SMILES string of the molecule is CC(N)C1(Cc2ccccc2F)CC1. The van der Waals surface area contributed by atoms with Crippen LogP contribution in [0.15, 0.2) is 24.3 Å². The topological polar surface area (TPSA) is 26.0 Å². The van der Waals surface area contributed by atoms with E-state index in [1.807, 2.05) is 19.1 Å². The smallest absolute Gasteiger partial charge is 0.126 e. The molecule has 1 aliphatic rings. The Balaban J connectivity index is 2.15. The third kappa shape index (κ3) is 1.67. The molecule has 1 aliphatic carbocycles. The summed E-state index contributed by atoms with van der Waals surface area (Å²) in [6.45, 7) is 2.02. The molecule has 76 valence electrons. The second-order valence-electron chi connectivity index (χ2n) is 4.42.